The van der Waals surface area contributed by atoms with Crippen LogP contribution in [0.1, 0.15) is 11.1 Å². The normalized spacial score (nSPS) is 17.7. The topological polar surface area (TPSA) is 76.2 Å². The molecule has 0 saturated carbocycles. The van der Waals surface area contributed by atoms with Crippen molar-refractivity contribution in [3.63, 3.8) is 0 Å². The summed E-state index contributed by atoms with van der Waals surface area (Å²) in [5, 5.41) is -0.103. The molecule has 0 aromatic heterocycles. The number of halogens is 2. The Morgan fingerprint density at radius 1 is 1.18 bits per heavy atom. The van der Waals surface area contributed by atoms with E-state index in [0.717, 1.165) is 22.2 Å². The second-order valence-corrected chi connectivity index (χ2v) is 9.60. The van der Waals surface area contributed by atoms with Crippen LogP contribution in [0, 0.1) is 0 Å². The Morgan fingerprint density at radius 3 is 2.61 bits per heavy atom. The summed E-state index contributed by atoms with van der Waals surface area (Å²) >= 11 is 10.7. The van der Waals surface area contributed by atoms with E-state index in [-0.39, 0.29) is 17.4 Å². The van der Waals surface area contributed by atoms with Crippen molar-refractivity contribution in [1.82, 2.24) is 9.80 Å². The summed E-state index contributed by atoms with van der Waals surface area (Å²) in [6.07, 6.45) is 1.59. The Labute approximate surface area is 208 Å². The molecule has 0 N–H and O–H groups in total. The van der Waals surface area contributed by atoms with E-state index in [2.05, 4.69) is 15.9 Å². The van der Waals surface area contributed by atoms with Crippen molar-refractivity contribution in [1.29, 1.82) is 0 Å². The van der Waals surface area contributed by atoms with Gasteiger partial charge in [-0.2, -0.15) is 0 Å². The molecule has 2 heterocycles. The van der Waals surface area contributed by atoms with Crippen LogP contribution < -0.4 is 4.74 Å². The number of amides is 3. The monoisotopic (exact) mass is 550 g/mol. The minimum absolute atomic E-state index is 0.232. The van der Waals surface area contributed by atoms with E-state index in [0.29, 0.717) is 53.7 Å². The minimum atomic E-state index is -0.497. The highest BCUT2D eigenvalue weighted by Crippen LogP contribution is 2.38. The first-order chi connectivity index (χ1) is 15.9. The third-order valence-corrected chi connectivity index (χ3v) is 6.85. The molecule has 2 aliphatic heterocycles. The van der Waals surface area contributed by atoms with Crippen LogP contribution in [0.4, 0.5) is 4.79 Å². The first-order valence-corrected chi connectivity index (χ1v) is 12.2. The molecule has 2 fully saturated rings. The second-order valence-electron chi connectivity index (χ2n) is 7.35. The molecule has 0 spiro atoms. The molecule has 33 heavy (non-hydrogen) atoms. The maximum absolute atomic E-state index is 12.8. The Kier molecular flexibility index (Phi) is 7.75. The van der Waals surface area contributed by atoms with Crippen molar-refractivity contribution in [2.24, 2.45) is 0 Å². The zero-order chi connectivity index (χ0) is 23.4. The molecule has 2 saturated heterocycles. The van der Waals surface area contributed by atoms with E-state index in [1.807, 2.05) is 30.3 Å². The molecule has 7 nitrogen and oxygen atoms in total. The maximum Gasteiger partial charge on any atom is 0.294 e. The highest BCUT2D eigenvalue weighted by atomic mass is 79.9. The van der Waals surface area contributed by atoms with Gasteiger partial charge in [0, 0.05) is 13.1 Å². The summed E-state index contributed by atoms with van der Waals surface area (Å²) in [5.41, 5.74) is 1.63. The van der Waals surface area contributed by atoms with Gasteiger partial charge in [-0.05, 0) is 57.0 Å². The molecule has 172 valence electrons. The van der Waals surface area contributed by atoms with Crippen LogP contribution in [0.15, 0.2) is 51.8 Å². The van der Waals surface area contributed by atoms with Crippen molar-refractivity contribution in [3.8, 4) is 5.75 Å². The molecule has 0 atom stereocenters. The second kappa shape index (κ2) is 10.7. The standard InChI is InChI=1S/C23H20BrClN2O5S/c24-17-10-16(11-18(25)21(17)32-14-15-4-2-1-3-5-15)12-19-22(29)27(23(30)33-19)13-20(28)26-6-8-31-9-7-26/h1-5,10-12H,6-9,13-14H2/b19-12+. The van der Waals surface area contributed by atoms with E-state index in [1.54, 1.807) is 23.1 Å². The fraction of sp³-hybridized carbons (Fsp3) is 0.261. The molecular weight excluding hydrogens is 532 g/mol. The number of hydrogen-bond donors (Lipinski definition) is 0. The number of imide groups is 1. The zero-order valence-corrected chi connectivity index (χ0v) is 20.6. The third-order valence-electron chi connectivity index (χ3n) is 5.08. The quantitative estimate of drug-likeness (QED) is 0.490. The Bertz CT molecular complexity index is 1080. The van der Waals surface area contributed by atoms with Gasteiger partial charge in [0.1, 0.15) is 13.2 Å². The fourth-order valence-electron chi connectivity index (χ4n) is 3.37. The molecule has 0 bridgehead atoms. The van der Waals surface area contributed by atoms with Crippen LogP contribution in [0.25, 0.3) is 6.08 Å². The lowest BCUT2D eigenvalue weighted by Crippen LogP contribution is -2.46. The van der Waals surface area contributed by atoms with E-state index in [4.69, 9.17) is 21.1 Å². The van der Waals surface area contributed by atoms with Gasteiger partial charge in [-0.1, -0.05) is 41.9 Å². The average Bonchev–Trinajstić information content (AvgIpc) is 3.07. The molecule has 3 amide bonds. The summed E-state index contributed by atoms with van der Waals surface area (Å²) in [6.45, 7) is 1.89. The molecule has 0 radical (unpaired) electrons. The van der Waals surface area contributed by atoms with Gasteiger partial charge in [0.2, 0.25) is 5.91 Å². The molecular formula is C23H20BrClN2O5S. The lowest BCUT2D eigenvalue weighted by molar-refractivity contribution is -0.139. The Morgan fingerprint density at radius 2 is 1.91 bits per heavy atom. The first kappa shape index (κ1) is 23.8. The van der Waals surface area contributed by atoms with Crippen LogP contribution in [0.2, 0.25) is 5.02 Å². The molecule has 0 unspecified atom stereocenters. The first-order valence-electron chi connectivity index (χ1n) is 10.2. The predicted octanol–water partition coefficient (Wildman–Crippen LogP) is 4.58. The van der Waals surface area contributed by atoms with Crippen molar-refractivity contribution < 1.29 is 23.9 Å². The summed E-state index contributed by atoms with van der Waals surface area (Å²) < 4.78 is 11.7. The maximum atomic E-state index is 12.8. The van der Waals surface area contributed by atoms with Crippen molar-refractivity contribution in [3.05, 3.63) is 68.0 Å². The van der Waals surface area contributed by atoms with E-state index in [9.17, 15) is 14.4 Å². The number of nitrogens with zero attached hydrogens (tertiary/aromatic N) is 2. The molecule has 2 aromatic rings. The lowest BCUT2D eigenvalue weighted by atomic mass is 10.2. The van der Waals surface area contributed by atoms with Gasteiger partial charge >= 0.3 is 0 Å². The molecule has 2 aliphatic rings. The van der Waals surface area contributed by atoms with Gasteiger partial charge in [-0.15, -0.1) is 0 Å². The minimum Gasteiger partial charge on any atom is -0.486 e. The molecule has 10 heteroatoms. The predicted molar refractivity (Wildman–Crippen MR) is 130 cm³/mol. The summed E-state index contributed by atoms with van der Waals surface area (Å²) in [6, 6.07) is 13.1. The van der Waals surface area contributed by atoms with Crippen LogP contribution in [-0.2, 0) is 20.9 Å². The van der Waals surface area contributed by atoms with Gasteiger partial charge < -0.3 is 14.4 Å². The third kappa shape index (κ3) is 5.78. The van der Waals surface area contributed by atoms with Crippen LogP contribution in [0.5, 0.6) is 5.75 Å². The number of carbonyl (C=O) groups excluding carboxylic acids is 3. The number of hydrogen-bond acceptors (Lipinski definition) is 6. The van der Waals surface area contributed by atoms with Crippen molar-refractivity contribution >= 4 is 62.4 Å². The van der Waals surface area contributed by atoms with Gasteiger partial charge in [-0.25, -0.2) is 0 Å². The van der Waals surface area contributed by atoms with Gasteiger partial charge in [0.25, 0.3) is 11.1 Å². The van der Waals surface area contributed by atoms with E-state index < -0.39 is 11.1 Å². The summed E-state index contributed by atoms with van der Waals surface area (Å²) in [5.74, 6) is -0.280. The largest absolute Gasteiger partial charge is 0.486 e. The SMILES string of the molecule is O=C(CN1C(=O)S/C(=C/c2cc(Cl)c(OCc3ccccc3)c(Br)c2)C1=O)N1CCOCC1. The fourth-order valence-corrected chi connectivity index (χ4v) is 5.19. The van der Waals surface area contributed by atoms with Gasteiger partial charge in [0.05, 0.1) is 27.6 Å². The molecule has 4 rings (SSSR count). The molecule has 2 aromatic carbocycles. The van der Waals surface area contributed by atoms with Crippen LogP contribution >= 0.6 is 39.3 Å². The summed E-state index contributed by atoms with van der Waals surface area (Å²) in [4.78, 5) is 40.4. The number of thioether (sulfide) groups is 1. The zero-order valence-electron chi connectivity index (χ0n) is 17.5. The summed E-state index contributed by atoms with van der Waals surface area (Å²) in [7, 11) is 0. The Balaban J connectivity index is 1.45. The van der Waals surface area contributed by atoms with Crippen molar-refractivity contribution in [2.75, 3.05) is 32.8 Å². The van der Waals surface area contributed by atoms with Gasteiger partial charge in [0.15, 0.2) is 5.75 Å². The van der Waals surface area contributed by atoms with E-state index in [1.165, 1.54) is 0 Å². The van der Waals surface area contributed by atoms with Gasteiger partial charge in [-0.3, -0.25) is 19.3 Å². The average molecular weight is 552 g/mol. The van der Waals surface area contributed by atoms with Crippen LogP contribution in [0.3, 0.4) is 0 Å². The van der Waals surface area contributed by atoms with E-state index >= 15 is 0 Å². The number of rotatable bonds is 6. The highest BCUT2D eigenvalue weighted by molar-refractivity contribution is 9.10. The number of ether oxygens (including phenoxy) is 2. The number of carbonyl (C=O) groups is 3. The van der Waals surface area contributed by atoms with Crippen molar-refractivity contribution in [2.45, 2.75) is 6.61 Å². The highest BCUT2D eigenvalue weighted by Gasteiger charge is 2.37. The molecule has 0 aliphatic carbocycles. The smallest absolute Gasteiger partial charge is 0.294 e. The number of morpholine rings is 1. The number of benzene rings is 2. The lowest BCUT2D eigenvalue weighted by Gasteiger charge is -2.28. The van der Waals surface area contributed by atoms with Crippen LogP contribution in [-0.4, -0.2) is 59.7 Å². The Hall–Kier alpha value is -2.33.